The van der Waals surface area contributed by atoms with Crippen molar-refractivity contribution in [2.75, 3.05) is 24.7 Å². The summed E-state index contributed by atoms with van der Waals surface area (Å²) in [5.41, 5.74) is 9.89. The van der Waals surface area contributed by atoms with Gasteiger partial charge < -0.3 is 10.6 Å². The molecule has 2 N–H and O–H groups in total. The van der Waals surface area contributed by atoms with Crippen molar-refractivity contribution in [3.63, 3.8) is 0 Å². The first-order chi connectivity index (χ1) is 9.08. The van der Waals surface area contributed by atoms with Crippen LogP contribution >= 0.6 is 11.3 Å². The topological polar surface area (TPSA) is 46.6 Å². The van der Waals surface area contributed by atoms with Crippen molar-refractivity contribution < 1.29 is 0 Å². The first kappa shape index (κ1) is 12.0. The molecule has 0 fully saturated rings. The van der Waals surface area contributed by atoms with Gasteiger partial charge in [-0.3, -0.25) is 4.40 Å². The van der Waals surface area contributed by atoms with E-state index < -0.39 is 0 Å². The Labute approximate surface area is 116 Å². The van der Waals surface area contributed by atoms with Crippen molar-refractivity contribution in [1.82, 2.24) is 9.38 Å². The summed E-state index contributed by atoms with van der Waals surface area (Å²) < 4.78 is 2.13. The summed E-state index contributed by atoms with van der Waals surface area (Å²) in [6.07, 6.45) is 2.06. The van der Waals surface area contributed by atoms with Crippen LogP contribution in [0.5, 0.6) is 0 Å². The van der Waals surface area contributed by atoms with Gasteiger partial charge in [-0.05, 0) is 13.0 Å². The summed E-state index contributed by atoms with van der Waals surface area (Å²) >= 11 is 1.69. The highest BCUT2D eigenvalue weighted by Crippen LogP contribution is 2.33. The number of thiazole rings is 1. The van der Waals surface area contributed by atoms with Crippen molar-refractivity contribution in [2.45, 2.75) is 6.92 Å². The van der Waals surface area contributed by atoms with E-state index in [0.717, 1.165) is 21.9 Å². The molecule has 0 amide bonds. The largest absolute Gasteiger partial charge is 0.398 e. The average Bonchev–Trinajstić information content (AvgIpc) is 2.90. The zero-order valence-electron chi connectivity index (χ0n) is 11.2. The van der Waals surface area contributed by atoms with Crippen LogP contribution in [-0.2, 0) is 0 Å². The quantitative estimate of drug-likeness (QED) is 0.729. The van der Waals surface area contributed by atoms with E-state index in [9.17, 15) is 0 Å². The van der Waals surface area contributed by atoms with Gasteiger partial charge in [0.05, 0.1) is 11.4 Å². The second-order valence-corrected chi connectivity index (χ2v) is 5.71. The monoisotopic (exact) mass is 272 g/mol. The maximum Gasteiger partial charge on any atom is 0.196 e. The highest BCUT2D eigenvalue weighted by molar-refractivity contribution is 7.21. The lowest BCUT2D eigenvalue weighted by Gasteiger charge is -2.09. The van der Waals surface area contributed by atoms with Crippen LogP contribution in [0.1, 0.15) is 5.69 Å². The third kappa shape index (κ3) is 1.86. The Balaban J connectivity index is 2.16. The van der Waals surface area contributed by atoms with E-state index in [0.29, 0.717) is 0 Å². The number of para-hydroxylation sites is 1. The number of anilines is 2. The average molecular weight is 272 g/mol. The third-order valence-electron chi connectivity index (χ3n) is 3.18. The summed E-state index contributed by atoms with van der Waals surface area (Å²) in [7, 11) is 4.10. The second kappa shape index (κ2) is 4.28. The molecule has 3 rings (SSSR count). The number of rotatable bonds is 2. The summed E-state index contributed by atoms with van der Waals surface area (Å²) in [5, 5.41) is 1.23. The third-order valence-corrected chi connectivity index (χ3v) is 4.50. The van der Waals surface area contributed by atoms with Crippen LogP contribution in [0.2, 0.25) is 0 Å². The maximum atomic E-state index is 6.01. The van der Waals surface area contributed by atoms with E-state index in [2.05, 4.69) is 27.4 Å². The smallest absolute Gasteiger partial charge is 0.196 e. The fourth-order valence-electron chi connectivity index (χ4n) is 2.21. The number of aromatic nitrogens is 2. The van der Waals surface area contributed by atoms with Gasteiger partial charge in [0.2, 0.25) is 0 Å². The molecule has 1 aromatic carbocycles. The molecular weight excluding hydrogens is 256 g/mol. The van der Waals surface area contributed by atoms with E-state index in [-0.39, 0.29) is 0 Å². The lowest BCUT2D eigenvalue weighted by molar-refractivity contribution is 1.07. The fraction of sp³-hybridized carbons (Fsp3) is 0.214. The van der Waals surface area contributed by atoms with Crippen LogP contribution in [0.15, 0.2) is 30.5 Å². The van der Waals surface area contributed by atoms with Crippen LogP contribution in [0.3, 0.4) is 0 Å². The van der Waals surface area contributed by atoms with E-state index in [1.54, 1.807) is 11.3 Å². The molecule has 2 heterocycles. The minimum Gasteiger partial charge on any atom is -0.398 e. The van der Waals surface area contributed by atoms with Gasteiger partial charge in [-0.15, -0.1) is 0 Å². The number of aryl methyl sites for hydroxylation is 1. The SMILES string of the molecule is Cc1c(N(C)C)sc2nc(-c3ccccc3N)cn12. The molecular formula is C14H16N4S. The van der Waals surface area contributed by atoms with Crippen molar-refractivity contribution in [3.05, 3.63) is 36.2 Å². The van der Waals surface area contributed by atoms with Gasteiger partial charge >= 0.3 is 0 Å². The molecule has 4 nitrogen and oxygen atoms in total. The Morgan fingerprint density at radius 1 is 1.26 bits per heavy atom. The first-order valence-corrected chi connectivity index (χ1v) is 6.90. The molecule has 3 aromatic rings. The van der Waals surface area contributed by atoms with Gasteiger partial charge in [-0.1, -0.05) is 29.5 Å². The highest BCUT2D eigenvalue weighted by Gasteiger charge is 2.14. The van der Waals surface area contributed by atoms with Gasteiger partial charge in [0.15, 0.2) is 4.96 Å². The summed E-state index contributed by atoms with van der Waals surface area (Å²) in [4.78, 5) is 7.80. The molecule has 19 heavy (non-hydrogen) atoms. The van der Waals surface area contributed by atoms with Gasteiger partial charge in [0.25, 0.3) is 0 Å². The normalized spacial score (nSPS) is 11.1. The highest BCUT2D eigenvalue weighted by atomic mass is 32.1. The standard InChI is InChI=1S/C14H16N4S/c1-9-13(17(2)3)19-14-16-12(8-18(9)14)10-6-4-5-7-11(10)15/h4-8H,15H2,1-3H3. The van der Waals surface area contributed by atoms with E-state index in [4.69, 9.17) is 5.73 Å². The molecule has 0 unspecified atom stereocenters. The molecule has 2 aromatic heterocycles. The Hall–Kier alpha value is -2.01. The van der Waals surface area contributed by atoms with E-state index >= 15 is 0 Å². The Morgan fingerprint density at radius 3 is 2.63 bits per heavy atom. The molecule has 0 saturated heterocycles. The van der Waals surface area contributed by atoms with Gasteiger partial charge in [0, 0.05) is 31.5 Å². The van der Waals surface area contributed by atoms with E-state index in [1.165, 1.54) is 10.7 Å². The molecule has 0 spiro atoms. The minimum absolute atomic E-state index is 0.763. The molecule has 0 radical (unpaired) electrons. The van der Waals surface area contributed by atoms with Crippen molar-refractivity contribution >= 4 is 27.0 Å². The summed E-state index contributed by atoms with van der Waals surface area (Å²) in [5.74, 6) is 0. The Bertz CT molecular complexity index is 739. The molecule has 0 aliphatic rings. The molecule has 0 aliphatic carbocycles. The lowest BCUT2D eigenvalue weighted by atomic mass is 10.1. The van der Waals surface area contributed by atoms with Gasteiger partial charge in [0.1, 0.15) is 5.00 Å². The van der Waals surface area contributed by atoms with Crippen LogP contribution in [-0.4, -0.2) is 23.5 Å². The van der Waals surface area contributed by atoms with Crippen LogP contribution in [0.25, 0.3) is 16.2 Å². The van der Waals surface area contributed by atoms with Gasteiger partial charge in [-0.25, -0.2) is 4.98 Å². The number of nitrogens with two attached hydrogens (primary N) is 1. The Kier molecular flexibility index (Phi) is 2.71. The fourth-order valence-corrected chi connectivity index (χ4v) is 3.25. The van der Waals surface area contributed by atoms with Crippen molar-refractivity contribution in [3.8, 4) is 11.3 Å². The Morgan fingerprint density at radius 2 is 2.00 bits per heavy atom. The number of nitrogen functional groups attached to an aromatic ring is 1. The minimum atomic E-state index is 0.763. The summed E-state index contributed by atoms with van der Waals surface area (Å²) in [6.45, 7) is 2.11. The zero-order chi connectivity index (χ0) is 13.6. The van der Waals surface area contributed by atoms with Crippen LogP contribution in [0.4, 0.5) is 10.7 Å². The molecule has 0 bridgehead atoms. The predicted molar refractivity (Wildman–Crippen MR) is 82.0 cm³/mol. The number of fused-ring (bicyclic) bond motifs is 1. The van der Waals surface area contributed by atoms with Crippen LogP contribution in [0, 0.1) is 6.92 Å². The van der Waals surface area contributed by atoms with Crippen molar-refractivity contribution in [2.24, 2.45) is 0 Å². The molecule has 0 saturated carbocycles. The molecule has 0 atom stereocenters. The van der Waals surface area contributed by atoms with Crippen molar-refractivity contribution in [1.29, 1.82) is 0 Å². The maximum absolute atomic E-state index is 6.01. The van der Waals surface area contributed by atoms with Gasteiger partial charge in [-0.2, -0.15) is 0 Å². The number of imidazole rings is 1. The molecule has 98 valence electrons. The van der Waals surface area contributed by atoms with E-state index in [1.807, 2.05) is 38.4 Å². The number of hydrogen-bond acceptors (Lipinski definition) is 4. The summed E-state index contributed by atoms with van der Waals surface area (Å²) in [6, 6.07) is 7.83. The number of nitrogens with zero attached hydrogens (tertiary/aromatic N) is 3. The first-order valence-electron chi connectivity index (χ1n) is 6.08. The predicted octanol–water partition coefficient (Wildman–Crippen LogP) is 3.02. The second-order valence-electron chi connectivity index (χ2n) is 4.75. The number of benzene rings is 1. The lowest BCUT2D eigenvalue weighted by Crippen LogP contribution is -2.08. The molecule has 5 heteroatoms. The zero-order valence-corrected chi connectivity index (χ0v) is 12.0. The number of hydrogen-bond donors (Lipinski definition) is 1. The molecule has 0 aliphatic heterocycles. The van der Waals surface area contributed by atoms with Crippen LogP contribution < -0.4 is 10.6 Å².